The standard InChI is InChI=1S/C19H28N2O2/c1-19(2,3)18(22)10-9-16-7-5-8-17(15-16)23-14-13-21(4)12-6-11-20/h5,7-8,15H,6,11-14,20H2,1-4H3. The number of ether oxygens (including phenoxy) is 1. The lowest BCUT2D eigenvalue weighted by atomic mass is 9.91. The molecule has 23 heavy (non-hydrogen) atoms. The van der Waals surface area contributed by atoms with Crippen LogP contribution in [0.25, 0.3) is 0 Å². The molecule has 2 N–H and O–H groups in total. The van der Waals surface area contributed by atoms with Crippen molar-refractivity contribution in [3.8, 4) is 17.6 Å². The van der Waals surface area contributed by atoms with Crippen molar-refractivity contribution in [3.63, 3.8) is 0 Å². The fourth-order valence-corrected chi connectivity index (χ4v) is 1.77. The molecule has 126 valence electrons. The van der Waals surface area contributed by atoms with Crippen molar-refractivity contribution in [2.24, 2.45) is 11.1 Å². The zero-order valence-electron chi connectivity index (χ0n) is 14.7. The van der Waals surface area contributed by atoms with Crippen LogP contribution >= 0.6 is 0 Å². The molecule has 0 radical (unpaired) electrons. The maximum atomic E-state index is 11.8. The number of likely N-dealkylation sites (N-methyl/N-ethyl adjacent to an activating group) is 1. The first-order chi connectivity index (χ1) is 10.8. The van der Waals surface area contributed by atoms with Gasteiger partial charge in [0, 0.05) is 17.5 Å². The summed E-state index contributed by atoms with van der Waals surface area (Å²) in [7, 11) is 2.05. The van der Waals surface area contributed by atoms with Crippen molar-refractivity contribution >= 4 is 5.78 Å². The summed E-state index contributed by atoms with van der Waals surface area (Å²) in [6, 6.07) is 7.53. The fourth-order valence-electron chi connectivity index (χ4n) is 1.77. The monoisotopic (exact) mass is 316 g/mol. The Morgan fingerprint density at radius 3 is 2.70 bits per heavy atom. The Kier molecular flexibility index (Phi) is 7.80. The Morgan fingerprint density at radius 1 is 1.30 bits per heavy atom. The van der Waals surface area contributed by atoms with Gasteiger partial charge in [0.15, 0.2) is 0 Å². The average Bonchev–Trinajstić information content (AvgIpc) is 2.50. The third-order valence-corrected chi connectivity index (χ3v) is 3.32. The van der Waals surface area contributed by atoms with E-state index < -0.39 is 5.41 Å². The second-order valence-electron chi connectivity index (χ2n) is 6.65. The third kappa shape index (κ3) is 7.83. The molecule has 0 heterocycles. The predicted octanol–water partition coefficient (Wildman–Crippen LogP) is 2.31. The van der Waals surface area contributed by atoms with Crippen LogP contribution in [0, 0.1) is 17.3 Å². The Bertz CT molecular complexity index is 565. The first-order valence-electron chi connectivity index (χ1n) is 8.01. The number of nitrogens with two attached hydrogens (primary N) is 1. The smallest absolute Gasteiger partial charge is 0.211 e. The van der Waals surface area contributed by atoms with Crippen molar-refractivity contribution in [2.45, 2.75) is 27.2 Å². The maximum Gasteiger partial charge on any atom is 0.211 e. The largest absolute Gasteiger partial charge is 0.492 e. The van der Waals surface area contributed by atoms with E-state index in [1.165, 1.54) is 0 Å². The summed E-state index contributed by atoms with van der Waals surface area (Å²) < 4.78 is 5.75. The number of carbonyl (C=O) groups excluding carboxylic acids is 1. The second kappa shape index (κ2) is 9.34. The van der Waals surface area contributed by atoms with Crippen LogP contribution < -0.4 is 10.5 Å². The number of hydrogen-bond donors (Lipinski definition) is 1. The molecule has 0 saturated heterocycles. The van der Waals surface area contributed by atoms with Gasteiger partial charge in [0.25, 0.3) is 0 Å². The van der Waals surface area contributed by atoms with Gasteiger partial charge in [-0.25, -0.2) is 0 Å². The van der Waals surface area contributed by atoms with E-state index in [-0.39, 0.29) is 5.78 Å². The molecule has 0 saturated carbocycles. The number of carbonyl (C=O) groups is 1. The van der Waals surface area contributed by atoms with Crippen molar-refractivity contribution in [2.75, 3.05) is 33.3 Å². The molecule has 1 rings (SSSR count). The second-order valence-corrected chi connectivity index (χ2v) is 6.65. The quantitative estimate of drug-likeness (QED) is 0.784. The molecule has 1 aromatic rings. The molecule has 0 aliphatic carbocycles. The normalized spacial score (nSPS) is 11.0. The lowest BCUT2D eigenvalue weighted by Crippen LogP contribution is -2.26. The summed E-state index contributed by atoms with van der Waals surface area (Å²) in [5.74, 6) is 6.32. The molecule has 0 fully saturated rings. The van der Waals surface area contributed by atoms with Crippen LogP contribution in [-0.2, 0) is 4.79 Å². The third-order valence-electron chi connectivity index (χ3n) is 3.32. The van der Waals surface area contributed by atoms with Crippen LogP contribution in [0.3, 0.4) is 0 Å². The molecule has 0 bridgehead atoms. The highest BCUT2D eigenvalue weighted by Gasteiger charge is 2.18. The summed E-state index contributed by atoms with van der Waals surface area (Å²) in [5, 5.41) is 0. The Hall–Kier alpha value is -1.83. The minimum absolute atomic E-state index is 0.0645. The minimum Gasteiger partial charge on any atom is -0.492 e. The van der Waals surface area contributed by atoms with Gasteiger partial charge in [0.2, 0.25) is 5.78 Å². The average molecular weight is 316 g/mol. The van der Waals surface area contributed by atoms with E-state index in [1.807, 2.05) is 45.0 Å². The number of ketones is 1. The van der Waals surface area contributed by atoms with Crippen LogP contribution in [0.2, 0.25) is 0 Å². The summed E-state index contributed by atoms with van der Waals surface area (Å²) in [4.78, 5) is 14.0. The summed E-state index contributed by atoms with van der Waals surface area (Å²) in [6.07, 6.45) is 0.989. The number of rotatable bonds is 7. The first kappa shape index (κ1) is 19.2. The van der Waals surface area contributed by atoms with Crippen molar-refractivity contribution < 1.29 is 9.53 Å². The van der Waals surface area contributed by atoms with E-state index in [0.717, 1.165) is 30.8 Å². The molecule has 0 aliphatic rings. The van der Waals surface area contributed by atoms with Gasteiger partial charge in [0.05, 0.1) is 0 Å². The minimum atomic E-state index is -0.435. The predicted molar refractivity (Wildman–Crippen MR) is 94.4 cm³/mol. The number of nitrogens with zero attached hydrogens (tertiary/aromatic N) is 1. The van der Waals surface area contributed by atoms with Crippen LogP contribution in [0.15, 0.2) is 24.3 Å². The van der Waals surface area contributed by atoms with Gasteiger partial charge in [-0.3, -0.25) is 4.79 Å². The number of benzene rings is 1. The van der Waals surface area contributed by atoms with Gasteiger partial charge in [-0.15, -0.1) is 0 Å². The SMILES string of the molecule is CN(CCCN)CCOc1cccc(C#CC(=O)C(C)(C)C)c1. The number of Topliss-reactive ketones (excluding diaryl/α,β-unsaturated/α-hetero) is 1. The highest BCUT2D eigenvalue weighted by molar-refractivity contribution is 5.99. The van der Waals surface area contributed by atoms with Crippen LogP contribution in [0.4, 0.5) is 0 Å². The van der Waals surface area contributed by atoms with Gasteiger partial charge in [-0.1, -0.05) is 32.8 Å². The first-order valence-corrected chi connectivity index (χ1v) is 8.01. The van der Waals surface area contributed by atoms with Gasteiger partial charge < -0.3 is 15.4 Å². The molecule has 4 heteroatoms. The maximum absolute atomic E-state index is 11.8. The Labute approximate surface area is 140 Å². The molecule has 0 unspecified atom stereocenters. The molecule has 4 nitrogen and oxygen atoms in total. The van der Waals surface area contributed by atoms with Gasteiger partial charge in [0.1, 0.15) is 12.4 Å². The molecular formula is C19H28N2O2. The molecule has 0 atom stereocenters. The van der Waals surface area contributed by atoms with E-state index in [2.05, 4.69) is 23.8 Å². The zero-order valence-corrected chi connectivity index (χ0v) is 14.7. The molecular weight excluding hydrogens is 288 g/mol. The summed E-state index contributed by atoms with van der Waals surface area (Å²) in [6.45, 7) is 8.73. The van der Waals surface area contributed by atoms with Crippen molar-refractivity contribution in [1.82, 2.24) is 4.90 Å². The van der Waals surface area contributed by atoms with Crippen molar-refractivity contribution in [3.05, 3.63) is 29.8 Å². The highest BCUT2D eigenvalue weighted by atomic mass is 16.5. The van der Waals surface area contributed by atoms with Crippen LogP contribution in [-0.4, -0.2) is 44.0 Å². The van der Waals surface area contributed by atoms with Crippen molar-refractivity contribution in [1.29, 1.82) is 0 Å². The molecule has 0 aliphatic heterocycles. The lowest BCUT2D eigenvalue weighted by molar-refractivity contribution is -0.120. The molecule has 0 aromatic heterocycles. The van der Waals surface area contributed by atoms with E-state index in [9.17, 15) is 4.79 Å². The van der Waals surface area contributed by atoms with Crippen LogP contribution in [0.5, 0.6) is 5.75 Å². The van der Waals surface area contributed by atoms with Gasteiger partial charge >= 0.3 is 0 Å². The molecule has 0 amide bonds. The van der Waals surface area contributed by atoms with Crippen LogP contribution in [0.1, 0.15) is 32.8 Å². The van der Waals surface area contributed by atoms with E-state index in [4.69, 9.17) is 10.5 Å². The fraction of sp³-hybridized carbons (Fsp3) is 0.526. The van der Waals surface area contributed by atoms with Gasteiger partial charge in [-0.2, -0.15) is 0 Å². The Balaban J connectivity index is 2.54. The van der Waals surface area contributed by atoms with E-state index in [0.29, 0.717) is 13.2 Å². The summed E-state index contributed by atoms with van der Waals surface area (Å²) >= 11 is 0. The van der Waals surface area contributed by atoms with Gasteiger partial charge in [-0.05, 0) is 50.7 Å². The lowest BCUT2D eigenvalue weighted by Gasteiger charge is -2.16. The Morgan fingerprint density at radius 2 is 2.04 bits per heavy atom. The highest BCUT2D eigenvalue weighted by Crippen LogP contribution is 2.15. The van der Waals surface area contributed by atoms with E-state index in [1.54, 1.807) is 0 Å². The summed E-state index contributed by atoms with van der Waals surface area (Å²) in [5.41, 5.74) is 5.85. The zero-order chi connectivity index (χ0) is 17.3. The number of hydrogen-bond acceptors (Lipinski definition) is 4. The van der Waals surface area contributed by atoms with E-state index >= 15 is 0 Å². The molecule has 1 aromatic carbocycles. The molecule has 0 spiro atoms. The topological polar surface area (TPSA) is 55.6 Å².